The summed E-state index contributed by atoms with van der Waals surface area (Å²) in [5.41, 5.74) is 2.14. The summed E-state index contributed by atoms with van der Waals surface area (Å²) in [5.74, 6) is 0. The molecule has 0 aromatic carbocycles. The van der Waals surface area contributed by atoms with Crippen LogP contribution >= 0.6 is 0 Å². The van der Waals surface area contributed by atoms with Crippen LogP contribution in [0, 0.1) is 6.92 Å². The van der Waals surface area contributed by atoms with Crippen LogP contribution in [0.4, 0.5) is 0 Å². The van der Waals surface area contributed by atoms with Gasteiger partial charge in [0.25, 0.3) is 0 Å². The zero-order chi connectivity index (χ0) is 8.27. The SMILES string of the molecule is Cc1ncccc1CC(C)O. The molecule has 0 saturated heterocycles. The number of hydrogen-bond donors (Lipinski definition) is 1. The number of aliphatic hydroxyl groups is 1. The zero-order valence-electron chi connectivity index (χ0n) is 6.91. The molecule has 1 aromatic heterocycles. The van der Waals surface area contributed by atoms with Gasteiger partial charge in [-0.2, -0.15) is 0 Å². The highest BCUT2D eigenvalue weighted by atomic mass is 16.3. The molecule has 60 valence electrons. The van der Waals surface area contributed by atoms with Gasteiger partial charge in [0.1, 0.15) is 0 Å². The van der Waals surface area contributed by atoms with Crippen LogP contribution in [-0.2, 0) is 6.42 Å². The maximum atomic E-state index is 9.10. The summed E-state index contributed by atoms with van der Waals surface area (Å²) < 4.78 is 0. The third-order valence-electron chi connectivity index (χ3n) is 1.63. The van der Waals surface area contributed by atoms with Crippen LogP contribution in [0.15, 0.2) is 18.3 Å². The molecule has 0 saturated carbocycles. The molecule has 0 bridgehead atoms. The Morgan fingerprint density at radius 3 is 2.91 bits per heavy atom. The van der Waals surface area contributed by atoms with Gasteiger partial charge in [-0.15, -0.1) is 0 Å². The molecule has 1 aromatic rings. The number of aromatic nitrogens is 1. The molecule has 2 nitrogen and oxygen atoms in total. The fourth-order valence-electron chi connectivity index (χ4n) is 1.05. The number of pyridine rings is 1. The third kappa shape index (κ3) is 2.31. The minimum atomic E-state index is -0.280. The predicted octanol–water partition coefficient (Wildman–Crippen LogP) is 1.31. The van der Waals surface area contributed by atoms with Gasteiger partial charge in [0.05, 0.1) is 6.10 Å². The van der Waals surface area contributed by atoms with Crippen LogP contribution in [0.5, 0.6) is 0 Å². The van der Waals surface area contributed by atoms with E-state index in [0.29, 0.717) is 6.42 Å². The summed E-state index contributed by atoms with van der Waals surface area (Å²) in [4.78, 5) is 4.12. The summed E-state index contributed by atoms with van der Waals surface area (Å²) in [6.45, 7) is 3.74. The molecule has 0 aliphatic rings. The molecule has 2 heteroatoms. The van der Waals surface area contributed by atoms with Crippen molar-refractivity contribution < 1.29 is 5.11 Å². The van der Waals surface area contributed by atoms with Gasteiger partial charge in [0.2, 0.25) is 0 Å². The quantitative estimate of drug-likeness (QED) is 0.691. The first-order valence-corrected chi connectivity index (χ1v) is 3.78. The maximum Gasteiger partial charge on any atom is 0.0553 e. The van der Waals surface area contributed by atoms with Crippen LogP contribution in [0.25, 0.3) is 0 Å². The largest absolute Gasteiger partial charge is 0.393 e. The Labute approximate surface area is 66.9 Å². The highest BCUT2D eigenvalue weighted by Gasteiger charge is 2.01. The monoisotopic (exact) mass is 151 g/mol. The van der Waals surface area contributed by atoms with Crippen molar-refractivity contribution in [1.29, 1.82) is 0 Å². The lowest BCUT2D eigenvalue weighted by Crippen LogP contribution is -2.05. The van der Waals surface area contributed by atoms with E-state index in [2.05, 4.69) is 4.98 Å². The van der Waals surface area contributed by atoms with Gasteiger partial charge >= 0.3 is 0 Å². The second-order valence-corrected chi connectivity index (χ2v) is 2.80. The first kappa shape index (κ1) is 8.21. The molecular formula is C9H13NO. The topological polar surface area (TPSA) is 33.1 Å². The summed E-state index contributed by atoms with van der Waals surface area (Å²) in [5, 5.41) is 9.10. The molecule has 0 amide bonds. The predicted molar refractivity (Wildman–Crippen MR) is 44.4 cm³/mol. The average Bonchev–Trinajstić information content (AvgIpc) is 1.93. The first-order valence-electron chi connectivity index (χ1n) is 3.78. The fraction of sp³-hybridized carbons (Fsp3) is 0.444. The van der Waals surface area contributed by atoms with Crippen molar-refractivity contribution in [2.24, 2.45) is 0 Å². The van der Waals surface area contributed by atoms with E-state index in [-0.39, 0.29) is 6.10 Å². The average molecular weight is 151 g/mol. The van der Waals surface area contributed by atoms with Gasteiger partial charge in [-0.1, -0.05) is 6.07 Å². The van der Waals surface area contributed by atoms with Crippen LogP contribution in [0.3, 0.4) is 0 Å². The second-order valence-electron chi connectivity index (χ2n) is 2.80. The Morgan fingerprint density at radius 1 is 1.64 bits per heavy atom. The van der Waals surface area contributed by atoms with Crippen molar-refractivity contribution >= 4 is 0 Å². The van der Waals surface area contributed by atoms with E-state index < -0.39 is 0 Å². The number of hydrogen-bond acceptors (Lipinski definition) is 2. The number of aliphatic hydroxyl groups excluding tert-OH is 1. The Hall–Kier alpha value is -0.890. The minimum Gasteiger partial charge on any atom is -0.393 e. The molecule has 0 aliphatic heterocycles. The van der Waals surface area contributed by atoms with Crippen molar-refractivity contribution in [2.45, 2.75) is 26.4 Å². The van der Waals surface area contributed by atoms with Crippen LogP contribution in [-0.4, -0.2) is 16.2 Å². The van der Waals surface area contributed by atoms with E-state index in [1.54, 1.807) is 13.1 Å². The van der Waals surface area contributed by atoms with Crippen molar-refractivity contribution in [3.8, 4) is 0 Å². The summed E-state index contributed by atoms with van der Waals surface area (Å²) >= 11 is 0. The Balaban J connectivity index is 2.78. The first-order chi connectivity index (χ1) is 5.20. The molecule has 1 rings (SSSR count). The molecule has 0 fully saturated rings. The van der Waals surface area contributed by atoms with E-state index in [9.17, 15) is 0 Å². The van der Waals surface area contributed by atoms with Crippen LogP contribution < -0.4 is 0 Å². The number of aryl methyl sites for hydroxylation is 1. The molecule has 1 heterocycles. The van der Waals surface area contributed by atoms with Crippen molar-refractivity contribution in [2.75, 3.05) is 0 Å². The van der Waals surface area contributed by atoms with Crippen LogP contribution in [0.2, 0.25) is 0 Å². The van der Waals surface area contributed by atoms with Crippen molar-refractivity contribution in [1.82, 2.24) is 4.98 Å². The van der Waals surface area contributed by atoms with Gasteiger partial charge < -0.3 is 5.11 Å². The molecule has 0 aliphatic carbocycles. The van der Waals surface area contributed by atoms with E-state index in [1.807, 2.05) is 19.1 Å². The molecule has 1 N–H and O–H groups in total. The molecule has 1 unspecified atom stereocenters. The highest BCUT2D eigenvalue weighted by Crippen LogP contribution is 2.06. The number of rotatable bonds is 2. The third-order valence-corrected chi connectivity index (χ3v) is 1.63. The molecule has 0 radical (unpaired) electrons. The summed E-state index contributed by atoms with van der Waals surface area (Å²) in [6, 6.07) is 3.89. The van der Waals surface area contributed by atoms with E-state index in [4.69, 9.17) is 5.11 Å². The Kier molecular flexibility index (Phi) is 2.60. The number of nitrogens with zero attached hydrogens (tertiary/aromatic N) is 1. The van der Waals surface area contributed by atoms with E-state index in [0.717, 1.165) is 11.3 Å². The van der Waals surface area contributed by atoms with E-state index >= 15 is 0 Å². The molecule has 1 atom stereocenters. The lowest BCUT2D eigenvalue weighted by molar-refractivity contribution is 0.195. The normalized spacial score (nSPS) is 13.0. The van der Waals surface area contributed by atoms with Crippen molar-refractivity contribution in [3.05, 3.63) is 29.6 Å². The molecule has 11 heavy (non-hydrogen) atoms. The highest BCUT2D eigenvalue weighted by molar-refractivity contribution is 5.18. The van der Waals surface area contributed by atoms with Crippen LogP contribution in [0.1, 0.15) is 18.2 Å². The second kappa shape index (κ2) is 3.49. The van der Waals surface area contributed by atoms with Gasteiger partial charge in [-0.25, -0.2) is 0 Å². The molecular weight excluding hydrogens is 138 g/mol. The van der Waals surface area contributed by atoms with Gasteiger partial charge in [0.15, 0.2) is 0 Å². The van der Waals surface area contributed by atoms with Crippen molar-refractivity contribution in [3.63, 3.8) is 0 Å². The lowest BCUT2D eigenvalue weighted by atomic mass is 10.1. The molecule has 0 spiro atoms. The fourth-order valence-corrected chi connectivity index (χ4v) is 1.05. The van der Waals surface area contributed by atoms with E-state index in [1.165, 1.54) is 0 Å². The standard InChI is InChI=1S/C9H13NO/c1-7(11)6-9-4-3-5-10-8(9)2/h3-5,7,11H,6H2,1-2H3. The van der Waals surface area contributed by atoms with Gasteiger partial charge in [0, 0.05) is 11.9 Å². The minimum absolute atomic E-state index is 0.280. The smallest absolute Gasteiger partial charge is 0.0553 e. The van der Waals surface area contributed by atoms with Gasteiger partial charge in [-0.05, 0) is 31.9 Å². The maximum absolute atomic E-state index is 9.10. The lowest BCUT2D eigenvalue weighted by Gasteiger charge is -2.05. The Bertz CT molecular complexity index is 233. The Morgan fingerprint density at radius 2 is 2.36 bits per heavy atom. The van der Waals surface area contributed by atoms with Gasteiger partial charge in [-0.3, -0.25) is 4.98 Å². The summed E-state index contributed by atoms with van der Waals surface area (Å²) in [6.07, 6.45) is 2.18. The zero-order valence-corrected chi connectivity index (χ0v) is 6.91. The summed E-state index contributed by atoms with van der Waals surface area (Å²) in [7, 11) is 0.